The molecule has 2 aliphatic heterocycles. The van der Waals surface area contributed by atoms with Crippen LogP contribution in [0.4, 0.5) is 5.69 Å². The molecule has 6 nitrogen and oxygen atoms in total. The minimum atomic E-state index is -3.72. The summed E-state index contributed by atoms with van der Waals surface area (Å²) in [7, 11) is -3.72. The number of carbonyl (C=O) groups excluding carboxylic acids is 1. The molecule has 0 radical (unpaired) electrons. The van der Waals surface area contributed by atoms with Crippen LogP contribution < -0.4 is 9.62 Å². The standard InChI is InChI=1S/C24H31N3O3S/c1-18-10-13-26(14-11-18)19(2)17-25-24(28)21-7-5-8-22(16-21)31(29,30)27-15-12-20-6-3-4-9-23(20)27/h3-9,16,18-19H,10-15,17H2,1-2H3,(H,25,28). The van der Waals surface area contributed by atoms with Crippen molar-refractivity contribution in [1.82, 2.24) is 10.2 Å². The molecule has 1 unspecified atom stereocenters. The Kier molecular flexibility index (Phi) is 6.34. The summed E-state index contributed by atoms with van der Waals surface area (Å²) in [5, 5.41) is 2.98. The van der Waals surface area contributed by atoms with Gasteiger partial charge in [0.25, 0.3) is 15.9 Å². The van der Waals surface area contributed by atoms with Gasteiger partial charge in [-0.1, -0.05) is 31.2 Å². The summed E-state index contributed by atoms with van der Waals surface area (Å²) in [6.45, 7) is 7.49. The van der Waals surface area contributed by atoms with Crippen molar-refractivity contribution in [2.24, 2.45) is 5.92 Å². The molecule has 0 spiro atoms. The van der Waals surface area contributed by atoms with E-state index in [1.807, 2.05) is 24.3 Å². The lowest BCUT2D eigenvalue weighted by atomic mass is 9.98. The Morgan fingerprint density at radius 2 is 1.84 bits per heavy atom. The van der Waals surface area contributed by atoms with Crippen molar-refractivity contribution in [3.8, 4) is 0 Å². The fraction of sp³-hybridized carbons (Fsp3) is 0.458. The topological polar surface area (TPSA) is 69.7 Å². The first-order valence-corrected chi connectivity index (χ1v) is 12.5. The van der Waals surface area contributed by atoms with Gasteiger partial charge >= 0.3 is 0 Å². The average Bonchev–Trinajstić information content (AvgIpc) is 3.23. The van der Waals surface area contributed by atoms with Gasteiger partial charge in [0.05, 0.1) is 10.6 Å². The van der Waals surface area contributed by atoms with E-state index in [9.17, 15) is 13.2 Å². The third-order valence-corrected chi connectivity index (χ3v) is 8.34. The molecule has 0 aliphatic carbocycles. The zero-order chi connectivity index (χ0) is 22.0. The third-order valence-electron chi connectivity index (χ3n) is 6.53. The average molecular weight is 442 g/mol. The Labute approximate surface area is 185 Å². The molecule has 1 amide bonds. The van der Waals surface area contributed by atoms with E-state index in [1.54, 1.807) is 18.2 Å². The molecule has 31 heavy (non-hydrogen) atoms. The quantitative estimate of drug-likeness (QED) is 0.747. The molecule has 2 aromatic carbocycles. The van der Waals surface area contributed by atoms with Gasteiger partial charge in [0.1, 0.15) is 0 Å². The summed E-state index contributed by atoms with van der Waals surface area (Å²) in [6, 6.07) is 14.2. The molecule has 0 aromatic heterocycles. The van der Waals surface area contributed by atoms with E-state index in [-0.39, 0.29) is 16.8 Å². The highest BCUT2D eigenvalue weighted by molar-refractivity contribution is 7.92. The molecule has 7 heteroatoms. The second-order valence-electron chi connectivity index (χ2n) is 8.76. The number of fused-ring (bicyclic) bond motifs is 1. The first-order chi connectivity index (χ1) is 14.9. The molecule has 0 saturated carbocycles. The van der Waals surface area contributed by atoms with E-state index in [4.69, 9.17) is 0 Å². The number of hydrogen-bond acceptors (Lipinski definition) is 4. The number of rotatable bonds is 6. The summed E-state index contributed by atoms with van der Waals surface area (Å²) < 4.78 is 28.0. The fourth-order valence-corrected chi connectivity index (χ4v) is 5.97. The van der Waals surface area contributed by atoms with Crippen molar-refractivity contribution in [3.05, 3.63) is 59.7 Å². The molecule has 1 atom stereocenters. The lowest BCUT2D eigenvalue weighted by Crippen LogP contribution is -2.45. The van der Waals surface area contributed by atoms with Crippen LogP contribution in [0.5, 0.6) is 0 Å². The Bertz CT molecular complexity index is 1050. The van der Waals surface area contributed by atoms with Gasteiger partial charge in [-0.05, 0) is 75.0 Å². The fourth-order valence-electron chi connectivity index (χ4n) is 4.42. The summed E-state index contributed by atoms with van der Waals surface area (Å²) in [4.78, 5) is 15.3. The Balaban J connectivity index is 1.44. The minimum Gasteiger partial charge on any atom is -0.350 e. The largest absolute Gasteiger partial charge is 0.350 e. The number of nitrogens with one attached hydrogen (secondary N) is 1. The van der Waals surface area contributed by atoms with Gasteiger partial charge in [-0.15, -0.1) is 0 Å². The van der Waals surface area contributed by atoms with Crippen LogP contribution >= 0.6 is 0 Å². The number of anilines is 1. The number of para-hydroxylation sites is 1. The van der Waals surface area contributed by atoms with E-state index < -0.39 is 10.0 Å². The highest BCUT2D eigenvalue weighted by atomic mass is 32.2. The second kappa shape index (κ2) is 9.01. The van der Waals surface area contributed by atoms with Crippen LogP contribution in [-0.4, -0.2) is 51.4 Å². The second-order valence-corrected chi connectivity index (χ2v) is 10.6. The number of benzene rings is 2. The van der Waals surface area contributed by atoms with Gasteiger partial charge < -0.3 is 5.32 Å². The van der Waals surface area contributed by atoms with Crippen molar-refractivity contribution in [2.45, 2.75) is 44.0 Å². The van der Waals surface area contributed by atoms with E-state index in [0.717, 1.165) is 30.3 Å². The maximum Gasteiger partial charge on any atom is 0.264 e. The number of hydrogen-bond donors (Lipinski definition) is 1. The van der Waals surface area contributed by atoms with Crippen LogP contribution in [0.25, 0.3) is 0 Å². The lowest BCUT2D eigenvalue weighted by molar-refractivity contribution is 0.0921. The molecule has 2 aromatic rings. The first-order valence-electron chi connectivity index (χ1n) is 11.1. The van der Waals surface area contributed by atoms with Crippen molar-refractivity contribution >= 4 is 21.6 Å². The smallest absolute Gasteiger partial charge is 0.264 e. The maximum atomic E-state index is 13.3. The van der Waals surface area contributed by atoms with Crippen LogP contribution in [-0.2, 0) is 16.4 Å². The molecule has 4 rings (SSSR count). The number of piperidine rings is 1. The summed E-state index contributed by atoms with van der Waals surface area (Å²) in [5.74, 6) is 0.529. The summed E-state index contributed by atoms with van der Waals surface area (Å²) in [5.41, 5.74) is 2.12. The number of nitrogens with zero attached hydrogens (tertiary/aromatic N) is 2. The molecular formula is C24H31N3O3S. The van der Waals surface area contributed by atoms with E-state index in [0.29, 0.717) is 25.1 Å². The molecule has 2 heterocycles. The van der Waals surface area contributed by atoms with Crippen LogP contribution in [0, 0.1) is 5.92 Å². The predicted molar refractivity (Wildman–Crippen MR) is 123 cm³/mol. The third kappa shape index (κ3) is 4.62. The first kappa shape index (κ1) is 21.8. The van der Waals surface area contributed by atoms with Gasteiger partial charge in [-0.3, -0.25) is 14.0 Å². The van der Waals surface area contributed by atoms with E-state index >= 15 is 0 Å². The molecular weight excluding hydrogens is 410 g/mol. The molecule has 0 bridgehead atoms. The Hall–Kier alpha value is -2.38. The number of likely N-dealkylation sites (tertiary alicyclic amines) is 1. The Morgan fingerprint density at radius 3 is 2.61 bits per heavy atom. The minimum absolute atomic E-state index is 0.148. The highest BCUT2D eigenvalue weighted by Crippen LogP contribution is 2.32. The van der Waals surface area contributed by atoms with Crippen LogP contribution in [0.1, 0.15) is 42.6 Å². The van der Waals surface area contributed by atoms with Gasteiger partial charge in [-0.25, -0.2) is 8.42 Å². The van der Waals surface area contributed by atoms with Crippen LogP contribution in [0.2, 0.25) is 0 Å². The normalized spacial score (nSPS) is 18.6. The maximum absolute atomic E-state index is 13.3. The number of amides is 1. The molecule has 1 fully saturated rings. The van der Waals surface area contributed by atoms with Crippen LogP contribution in [0.15, 0.2) is 53.4 Å². The molecule has 1 saturated heterocycles. The van der Waals surface area contributed by atoms with Gasteiger partial charge in [0, 0.05) is 24.7 Å². The monoisotopic (exact) mass is 441 g/mol. The van der Waals surface area contributed by atoms with E-state index in [1.165, 1.54) is 23.2 Å². The molecule has 1 N–H and O–H groups in total. The molecule has 166 valence electrons. The molecule has 2 aliphatic rings. The van der Waals surface area contributed by atoms with Gasteiger partial charge in [-0.2, -0.15) is 0 Å². The number of carbonyl (C=O) groups is 1. The zero-order valence-corrected chi connectivity index (χ0v) is 19.1. The van der Waals surface area contributed by atoms with Crippen molar-refractivity contribution in [3.63, 3.8) is 0 Å². The predicted octanol–water partition coefficient (Wildman–Crippen LogP) is 3.29. The lowest BCUT2D eigenvalue weighted by Gasteiger charge is -2.35. The van der Waals surface area contributed by atoms with Crippen molar-refractivity contribution < 1.29 is 13.2 Å². The van der Waals surface area contributed by atoms with Gasteiger partial charge in [0.15, 0.2) is 0 Å². The highest BCUT2D eigenvalue weighted by Gasteiger charge is 2.31. The SMILES string of the molecule is CC1CCN(C(C)CNC(=O)c2cccc(S(=O)(=O)N3CCc4ccccc43)c2)CC1. The van der Waals surface area contributed by atoms with E-state index in [2.05, 4.69) is 24.1 Å². The summed E-state index contributed by atoms with van der Waals surface area (Å²) >= 11 is 0. The Morgan fingerprint density at radius 1 is 1.10 bits per heavy atom. The zero-order valence-electron chi connectivity index (χ0n) is 18.3. The van der Waals surface area contributed by atoms with Crippen molar-refractivity contribution in [1.29, 1.82) is 0 Å². The number of sulfonamides is 1. The summed E-state index contributed by atoms with van der Waals surface area (Å²) in [6.07, 6.45) is 3.08. The van der Waals surface area contributed by atoms with Crippen LogP contribution in [0.3, 0.4) is 0 Å². The van der Waals surface area contributed by atoms with Crippen molar-refractivity contribution in [2.75, 3.05) is 30.5 Å². The van der Waals surface area contributed by atoms with Gasteiger partial charge in [0.2, 0.25) is 0 Å².